The molecule has 0 fully saturated rings. The van der Waals surface area contributed by atoms with Crippen molar-refractivity contribution in [2.45, 2.75) is 31.7 Å². The van der Waals surface area contributed by atoms with Crippen molar-refractivity contribution >= 4 is 11.9 Å². The normalized spacial score (nSPS) is 12.9. The second-order valence-electron chi connectivity index (χ2n) is 6.03. The molecule has 0 aliphatic carbocycles. The minimum Gasteiger partial charge on any atom is -0.497 e. The maximum atomic E-state index is 12.3. The van der Waals surface area contributed by atoms with Gasteiger partial charge < -0.3 is 15.2 Å². The van der Waals surface area contributed by atoms with E-state index < -0.39 is 12.0 Å². The summed E-state index contributed by atoms with van der Waals surface area (Å²) in [7, 11) is 1.59. The van der Waals surface area contributed by atoms with Gasteiger partial charge >= 0.3 is 5.97 Å². The quantitative estimate of drug-likeness (QED) is 0.774. The molecular weight excluding hydrogens is 318 g/mol. The summed E-state index contributed by atoms with van der Waals surface area (Å²) in [6.07, 6.45) is 0.473. The van der Waals surface area contributed by atoms with Crippen LogP contribution in [-0.4, -0.2) is 30.1 Å². The molecule has 2 rings (SSSR count). The second-order valence-corrected chi connectivity index (χ2v) is 6.03. The van der Waals surface area contributed by atoms with Crippen molar-refractivity contribution in [3.63, 3.8) is 0 Å². The third kappa shape index (κ3) is 5.64. The summed E-state index contributed by atoms with van der Waals surface area (Å²) in [5.74, 6) is -0.622. The number of carboxylic acid groups (broad SMARTS) is 1. The van der Waals surface area contributed by atoms with Gasteiger partial charge in [0.15, 0.2) is 0 Å². The zero-order chi connectivity index (χ0) is 18.2. The van der Waals surface area contributed by atoms with Gasteiger partial charge in [0.25, 0.3) is 0 Å². The predicted octanol–water partition coefficient (Wildman–Crippen LogP) is 3.00. The molecule has 2 unspecified atom stereocenters. The van der Waals surface area contributed by atoms with Gasteiger partial charge in [-0.25, -0.2) is 4.79 Å². The van der Waals surface area contributed by atoms with E-state index in [1.807, 2.05) is 61.5 Å². The van der Waals surface area contributed by atoms with E-state index in [2.05, 4.69) is 5.32 Å². The number of hydrogen-bond donors (Lipinski definition) is 2. The van der Waals surface area contributed by atoms with Gasteiger partial charge in [-0.3, -0.25) is 4.79 Å². The molecule has 0 spiro atoms. The number of aliphatic carboxylic acids is 1. The Kier molecular flexibility index (Phi) is 6.57. The van der Waals surface area contributed by atoms with E-state index in [0.717, 1.165) is 16.9 Å². The van der Waals surface area contributed by atoms with Gasteiger partial charge in [0.1, 0.15) is 11.8 Å². The van der Waals surface area contributed by atoms with Crippen LogP contribution in [0.1, 0.15) is 30.4 Å². The number of methoxy groups -OCH3 is 1. The SMILES string of the molecule is COc1cccc(C(C)CC(=O)NC(Cc2ccccc2)C(=O)O)c1. The molecule has 5 nitrogen and oxygen atoms in total. The topological polar surface area (TPSA) is 75.6 Å². The van der Waals surface area contributed by atoms with Gasteiger partial charge in [-0.1, -0.05) is 49.4 Å². The number of hydrogen-bond acceptors (Lipinski definition) is 3. The van der Waals surface area contributed by atoms with Gasteiger partial charge in [0.05, 0.1) is 7.11 Å². The Morgan fingerprint density at radius 1 is 1.12 bits per heavy atom. The highest BCUT2D eigenvalue weighted by Crippen LogP contribution is 2.23. The summed E-state index contributed by atoms with van der Waals surface area (Å²) in [6.45, 7) is 1.93. The van der Waals surface area contributed by atoms with Gasteiger partial charge in [0.2, 0.25) is 5.91 Å². The molecule has 5 heteroatoms. The number of benzene rings is 2. The molecule has 0 aliphatic heterocycles. The first-order chi connectivity index (χ1) is 12.0. The minimum atomic E-state index is -1.04. The number of carbonyl (C=O) groups excluding carboxylic acids is 1. The van der Waals surface area contributed by atoms with Crippen LogP contribution >= 0.6 is 0 Å². The lowest BCUT2D eigenvalue weighted by molar-refractivity contribution is -0.141. The van der Waals surface area contributed by atoms with E-state index in [1.165, 1.54) is 0 Å². The lowest BCUT2D eigenvalue weighted by Gasteiger charge is -2.17. The first-order valence-corrected chi connectivity index (χ1v) is 8.19. The van der Waals surface area contributed by atoms with E-state index in [0.29, 0.717) is 0 Å². The molecule has 0 radical (unpaired) electrons. The van der Waals surface area contributed by atoms with Crippen LogP contribution in [-0.2, 0) is 16.0 Å². The largest absolute Gasteiger partial charge is 0.497 e. The van der Waals surface area contributed by atoms with Crippen LogP contribution in [0.4, 0.5) is 0 Å². The van der Waals surface area contributed by atoms with Crippen molar-refractivity contribution in [3.8, 4) is 5.75 Å². The lowest BCUT2D eigenvalue weighted by Crippen LogP contribution is -2.42. The number of nitrogens with one attached hydrogen (secondary N) is 1. The maximum Gasteiger partial charge on any atom is 0.326 e. The monoisotopic (exact) mass is 341 g/mol. The first-order valence-electron chi connectivity index (χ1n) is 8.19. The summed E-state index contributed by atoms with van der Waals surface area (Å²) < 4.78 is 5.19. The molecule has 0 aromatic heterocycles. The lowest BCUT2D eigenvalue weighted by atomic mass is 9.97. The second kappa shape index (κ2) is 8.87. The molecule has 2 aromatic carbocycles. The molecule has 2 aromatic rings. The molecule has 1 amide bonds. The van der Waals surface area contributed by atoms with Gasteiger partial charge in [0, 0.05) is 12.8 Å². The van der Waals surface area contributed by atoms with Crippen LogP contribution in [0.25, 0.3) is 0 Å². The Labute approximate surface area is 147 Å². The number of amides is 1. The predicted molar refractivity (Wildman–Crippen MR) is 95.7 cm³/mol. The van der Waals surface area contributed by atoms with Crippen LogP contribution in [0.2, 0.25) is 0 Å². The fourth-order valence-electron chi connectivity index (χ4n) is 2.65. The summed E-state index contributed by atoms with van der Waals surface area (Å²) in [4.78, 5) is 23.7. The molecule has 2 N–H and O–H groups in total. The zero-order valence-electron chi connectivity index (χ0n) is 14.4. The average molecular weight is 341 g/mol. The third-order valence-electron chi connectivity index (χ3n) is 4.07. The molecule has 0 heterocycles. The number of rotatable bonds is 8. The Hall–Kier alpha value is -2.82. The standard InChI is InChI=1S/C20H23NO4/c1-14(16-9-6-10-17(13-16)25-2)11-19(22)21-18(20(23)24)12-15-7-4-3-5-8-15/h3-10,13-14,18H,11-12H2,1-2H3,(H,21,22)(H,23,24). The van der Waals surface area contributed by atoms with Crippen LogP contribution < -0.4 is 10.1 Å². The molecule has 2 atom stereocenters. The first kappa shape index (κ1) is 18.5. The maximum absolute atomic E-state index is 12.3. The van der Waals surface area contributed by atoms with E-state index in [1.54, 1.807) is 7.11 Å². The Balaban J connectivity index is 1.97. The highest BCUT2D eigenvalue weighted by atomic mass is 16.5. The van der Waals surface area contributed by atoms with Crippen LogP contribution in [0.5, 0.6) is 5.75 Å². The van der Waals surface area contributed by atoms with E-state index in [9.17, 15) is 14.7 Å². The van der Waals surface area contributed by atoms with Crippen LogP contribution in [0, 0.1) is 0 Å². The number of ether oxygens (including phenoxy) is 1. The van der Waals surface area contributed by atoms with E-state index in [-0.39, 0.29) is 24.7 Å². The molecule has 0 bridgehead atoms. The zero-order valence-corrected chi connectivity index (χ0v) is 14.4. The highest BCUT2D eigenvalue weighted by Gasteiger charge is 2.21. The smallest absolute Gasteiger partial charge is 0.326 e. The molecule has 0 aliphatic rings. The Bertz CT molecular complexity index is 715. The van der Waals surface area contributed by atoms with Crippen LogP contribution in [0.15, 0.2) is 54.6 Å². The fraction of sp³-hybridized carbons (Fsp3) is 0.300. The van der Waals surface area contributed by atoms with Gasteiger partial charge in [-0.05, 0) is 29.2 Å². The third-order valence-corrected chi connectivity index (χ3v) is 4.07. The van der Waals surface area contributed by atoms with Gasteiger partial charge in [-0.15, -0.1) is 0 Å². The van der Waals surface area contributed by atoms with Crippen molar-refractivity contribution in [1.82, 2.24) is 5.32 Å². The molecular formula is C20H23NO4. The summed E-state index contributed by atoms with van der Waals surface area (Å²) in [6, 6.07) is 15.9. The Morgan fingerprint density at radius 2 is 1.84 bits per heavy atom. The highest BCUT2D eigenvalue weighted by molar-refractivity contribution is 5.84. The van der Waals surface area contributed by atoms with Gasteiger partial charge in [-0.2, -0.15) is 0 Å². The number of carbonyl (C=O) groups is 2. The summed E-state index contributed by atoms with van der Waals surface area (Å²) >= 11 is 0. The average Bonchev–Trinajstić information content (AvgIpc) is 2.62. The minimum absolute atomic E-state index is 0.0405. The van der Waals surface area contributed by atoms with Crippen molar-refractivity contribution in [3.05, 3.63) is 65.7 Å². The van der Waals surface area contributed by atoms with E-state index >= 15 is 0 Å². The van der Waals surface area contributed by atoms with E-state index in [4.69, 9.17) is 4.74 Å². The Morgan fingerprint density at radius 3 is 2.48 bits per heavy atom. The van der Waals surface area contributed by atoms with Crippen LogP contribution in [0.3, 0.4) is 0 Å². The molecule has 25 heavy (non-hydrogen) atoms. The van der Waals surface area contributed by atoms with Crippen molar-refractivity contribution in [2.75, 3.05) is 7.11 Å². The van der Waals surface area contributed by atoms with Crippen molar-refractivity contribution in [2.24, 2.45) is 0 Å². The summed E-state index contributed by atoms with van der Waals surface area (Å²) in [5, 5.41) is 12.0. The number of carboxylic acids is 1. The molecule has 132 valence electrons. The fourth-order valence-corrected chi connectivity index (χ4v) is 2.65. The summed E-state index contributed by atoms with van der Waals surface area (Å²) in [5.41, 5.74) is 1.85. The van der Waals surface area contributed by atoms with Crippen molar-refractivity contribution < 1.29 is 19.4 Å². The van der Waals surface area contributed by atoms with Crippen molar-refractivity contribution in [1.29, 1.82) is 0 Å². The molecule has 0 saturated heterocycles. The molecule has 0 saturated carbocycles.